The Kier molecular flexibility index (Phi) is 7.88. The molecule has 144 valence electrons. The van der Waals surface area contributed by atoms with E-state index in [1.165, 1.54) is 10.0 Å². The second-order valence-electron chi connectivity index (χ2n) is 7.33. The molecule has 26 heavy (non-hydrogen) atoms. The van der Waals surface area contributed by atoms with Crippen molar-refractivity contribution in [1.82, 2.24) is 9.62 Å². The van der Waals surface area contributed by atoms with Gasteiger partial charge in [0.2, 0.25) is 0 Å². The highest BCUT2D eigenvalue weighted by Crippen LogP contribution is 2.26. The molecule has 0 saturated carbocycles. The van der Waals surface area contributed by atoms with Gasteiger partial charge in [-0.15, -0.1) is 0 Å². The zero-order valence-corrected chi connectivity index (χ0v) is 17.8. The Hall–Kier alpha value is -0.530. The third-order valence-electron chi connectivity index (χ3n) is 5.24. The van der Waals surface area contributed by atoms with Gasteiger partial charge >= 0.3 is 0 Å². The molecule has 0 amide bonds. The van der Waals surface area contributed by atoms with Crippen LogP contribution in [-0.4, -0.2) is 47.2 Å². The second-order valence-corrected chi connectivity index (χ2v) is 9.49. The van der Waals surface area contributed by atoms with Gasteiger partial charge in [-0.05, 0) is 35.7 Å². The molecule has 1 aliphatic heterocycles. The number of ether oxygens (including phenoxy) is 1. The van der Waals surface area contributed by atoms with Gasteiger partial charge in [0.25, 0.3) is 0 Å². The fraction of sp³-hybridized carbons (Fsp3) is 0.600. The molecule has 0 radical (unpaired) electrons. The van der Waals surface area contributed by atoms with Crippen LogP contribution in [0.2, 0.25) is 0 Å². The average Bonchev–Trinajstić information content (AvgIpc) is 2.63. The van der Waals surface area contributed by atoms with Gasteiger partial charge in [-0.2, -0.15) is 0 Å². The Morgan fingerprint density at radius 3 is 2.81 bits per heavy atom. The van der Waals surface area contributed by atoms with Gasteiger partial charge in [-0.1, -0.05) is 52.3 Å². The molecule has 2 aliphatic rings. The van der Waals surface area contributed by atoms with Crippen LogP contribution in [0, 0.1) is 5.92 Å². The summed E-state index contributed by atoms with van der Waals surface area (Å²) >= 11 is 3.57. The van der Waals surface area contributed by atoms with E-state index in [2.05, 4.69) is 62.0 Å². The minimum absolute atomic E-state index is 0.263. The minimum atomic E-state index is -0.986. The van der Waals surface area contributed by atoms with Crippen LogP contribution >= 0.6 is 15.9 Å². The Morgan fingerprint density at radius 2 is 2.12 bits per heavy atom. The summed E-state index contributed by atoms with van der Waals surface area (Å²) in [6, 6.07) is 10.9. The molecule has 1 heterocycles. The lowest BCUT2D eigenvalue weighted by Gasteiger charge is -2.39. The van der Waals surface area contributed by atoms with Gasteiger partial charge < -0.3 is 4.74 Å². The quantitative estimate of drug-likeness (QED) is 0.703. The average molecular weight is 441 g/mol. The summed E-state index contributed by atoms with van der Waals surface area (Å²) in [5.74, 6) is 0.366. The minimum Gasteiger partial charge on any atom is -0.377 e. The Morgan fingerprint density at radius 1 is 1.31 bits per heavy atom. The number of nitrogens with one attached hydrogen (secondary N) is 1. The smallest absolute Gasteiger partial charge is 0.0886 e. The topological polar surface area (TPSA) is 41.6 Å². The predicted octanol–water partition coefficient (Wildman–Crippen LogP) is 3.61. The predicted molar refractivity (Wildman–Crippen MR) is 111 cm³/mol. The summed E-state index contributed by atoms with van der Waals surface area (Å²) in [6.07, 6.45) is 8.40. The number of allylic oxidation sites excluding steroid dienone is 1. The largest absolute Gasteiger partial charge is 0.377 e. The van der Waals surface area contributed by atoms with E-state index in [9.17, 15) is 4.21 Å². The van der Waals surface area contributed by atoms with E-state index < -0.39 is 11.0 Å². The molecule has 1 aromatic rings. The first-order valence-corrected chi connectivity index (χ1v) is 11.8. The van der Waals surface area contributed by atoms with E-state index in [0.29, 0.717) is 12.0 Å². The lowest BCUT2D eigenvalue weighted by Crippen LogP contribution is -2.51. The summed E-state index contributed by atoms with van der Waals surface area (Å²) in [7, 11) is -0.986. The zero-order valence-electron chi connectivity index (χ0n) is 15.4. The summed E-state index contributed by atoms with van der Waals surface area (Å²) in [5.41, 5.74) is 1.35. The first-order chi connectivity index (χ1) is 12.6. The molecule has 0 bridgehead atoms. The van der Waals surface area contributed by atoms with Crippen molar-refractivity contribution < 1.29 is 8.95 Å². The van der Waals surface area contributed by atoms with Gasteiger partial charge in [0.05, 0.1) is 23.7 Å². The molecule has 6 heteroatoms. The number of rotatable bonds is 7. The molecular weight excluding hydrogens is 412 g/mol. The van der Waals surface area contributed by atoms with Crippen molar-refractivity contribution in [3.63, 3.8) is 0 Å². The fourth-order valence-electron chi connectivity index (χ4n) is 3.82. The number of hydrogen-bond acceptors (Lipinski definition) is 3. The van der Waals surface area contributed by atoms with Crippen LogP contribution in [0.5, 0.6) is 0 Å². The number of halogens is 1. The molecule has 1 aromatic carbocycles. The molecule has 3 rings (SSSR count). The molecule has 4 nitrogen and oxygen atoms in total. The van der Waals surface area contributed by atoms with Crippen molar-refractivity contribution in [2.45, 2.75) is 44.4 Å². The fourth-order valence-corrected chi connectivity index (χ4v) is 4.97. The van der Waals surface area contributed by atoms with Crippen LogP contribution in [0.3, 0.4) is 0 Å². The normalized spacial score (nSPS) is 28.5. The summed E-state index contributed by atoms with van der Waals surface area (Å²) < 4.78 is 22.5. The number of piperidine rings is 1. The molecule has 1 fully saturated rings. The van der Waals surface area contributed by atoms with Crippen molar-refractivity contribution in [2.75, 3.05) is 26.0 Å². The molecule has 4 unspecified atom stereocenters. The molecule has 0 aromatic heterocycles. The maximum atomic E-state index is 11.7. The Labute approximate surface area is 168 Å². The van der Waals surface area contributed by atoms with Crippen LogP contribution in [0.4, 0.5) is 0 Å². The van der Waals surface area contributed by atoms with Gasteiger partial charge in [-0.25, -0.2) is 8.93 Å². The monoisotopic (exact) mass is 440 g/mol. The van der Waals surface area contributed by atoms with Crippen LogP contribution in [-0.2, 0) is 22.3 Å². The van der Waals surface area contributed by atoms with E-state index in [1.54, 1.807) is 6.26 Å². The number of likely N-dealkylation sites (tertiary alicyclic amines) is 1. The van der Waals surface area contributed by atoms with Gasteiger partial charge in [-0.3, -0.25) is 4.90 Å². The van der Waals surface area contributed by atoms with Gasteiger partial charge in [0.15, 0.2) is 0 Å². The van der Waals surface area contributed by atoms with Crippen molar-refractivity contribution in [3.8, 4) is 0 Å². The number of nitrogens with zero attached hydrogens (tertiary/aromatic N) is 1. The van der Waals surface area contributed by atoms with Crippen LogP contribution in [0.15, 0.2) is 40.9 Å². The third-order valence-corrected chi connectivity index (χ3v) is 6.59. The molecule has 1 N–H and O–H groups in total. The standard InChI is InChI=1S/C20H29BrN2O2S/c1-26(24)22-20-11-12-23(13-16-5-3-2-4-6-16)14-17(20)15-25-19-9-7-18(21)8-10-19/h2-7,17,19-20,22H,8-15H2,1H3. The molecule has 0 spiro atoms. The summed E-state index contributed by atoms with van der Waals surface area (Å²) in [4.78, 5) is 2.50. The molecule has 1 saturated heterocycles. The van der Waals surface area contributed by atoms with Gasteiger partial charge in [0.1, 0.15) is 0 Å². The maximum absolute atomic E-state index is 11.7. The molecular formula is C20H29BrN2O2S. The highest BCUT2D eigenvalue weighted by atomic mass is 79.9. The van der Waals surface area contributed by atoms with Crippen molar-refractivity contribution >= 4 is 26.9 Å². The zero-order chi connectivity index (χ0) is 18.4. The van der Waals surface area contributed by atoms with E-state index in [-0.39, 0.29) is 6.04 Å². The number of hydrogen-bond donors (Lipinski definition) is 1. The number of benzene rings is 1. The van der Waals surface area contributed by atoms with Crippen molar-refractivity contribution in [3.05, 3.63) is 46.5 Å². The van der Waals surface area contributed by atoms with Crippen LogP contribution in [0.25, 0.3) is 0 Å². The van der Waals surface area contributed by atoms with E-state index >= 15 is 0 Å². The van der Waals surface area contributed by atoms with E-state index in [4.69, 9.17) is 4.74 Å². The highest BCUT2D eigenvalue weighted by Gasteiger charge is 2.31. The highest BCUT2D eigenvalue weighted by molar-refractivity contribution is 9.11. The molecule has 1 aliphatic carbocycles. The lowest BCUT2D eigenvalue weighted by molar-refractivity contribution is -0.00386. The SMILES string of the molecule is CS(=O)NC1CCN(Cc2ccccc2)CC1COC1CC=C(Br)CC1. The van der Waals surface area contributed by atoms with Crippen molar-refractivity contribution in [2.24, 2.45) is 5.92 Å². The maximum Gasteiger partial charge on any atom is 0.0886 e. The first-order valence-electron chi connectivity index (χ1n) is 9.42. The summed E-state index contributed by atoms with van der Waals surface area (Å²) in [5, 5.41) is 0. The van der Waals surface area contributed by atoms with Crippen LogP contribution in [0.1, 0.15) is 31.2 Å². The second kappa shape index (κ2) is 10.1. The third kappa shape index (κ3) is 6.27. The van der Waals surface area contributed by atoms with Crippen molar-refractivity contribution in [1.29, 1.82) is 0 Å². The lowest BCUT2D eigenvalue weighted by atomic mass is 9.93. The first kappa shape index (κ1) is 20.2. The Balaban J connectivity index is 1.56. The van der Waals surface area contributed by atoms with E-state index in [0.717, 1.165) is 51.9 Å². The van der Waals surface area contributed by atoms with Crippen LogP contribution < -0.4 is 4.72 Å². The van der Waals surface area contributed by atoms with E-state index in [1.807, 2.05) is 0 Å². The summed E-state index contributed by atoms with van der Waals surface area (Å²) in [6.45, 7) is 3.71. The molecule has 4 atom stereocenters. The Bertz CT molecular complexity index is 625. The van der Waals surface area contributed by atoms with Gasteiger partial charge in [0, 0.05) is 37.8 Å².